The molecule has 1 aromatic carbocycles. The number of aromatic nitrogens is 1. The average Bonchev–Trinajstić information content (AvgIpc) is 2.70. The molecule has 1 aliphatic heterocycles. The molecule has 146 valence electrons. The maximum Gasteiger partial charge on any atom is 0.173 e. The molecule has 5 atom stereocenters. The van der Waals surface area contributed by atoms with E-state index in [2.05, 4.69) is 36.2 Å². The normalized spacial score (nSPS) is 28.1. The molecule has 7 heteroatoms. The number of nitrogens with zero attached hydrogens (tertiary/aromatic N) is 1. The van der Waals surface area contributed by atoms with Crippen molar-refractivity contribution >= 4 is 11.8 Å². The second kappa shape index (κ2) is 9.03. The fraction of sp³-hybridized carbons (Fsp3) is 0.450. The SMILES string of the molecule is CCc1ccc(Cc2ccncc2OC2SC(CO)C(O)C(O)C2O)cc1. The number of hydrogen-bond acceptors (Lipinski definition) is 7. The highest BCUT2D eigenvalue weighted by Gasteiger charge is 2.44. The molecule has 1 fully saturated rings. The third kappa shape index (κ3) is 4.62. The molecule has 0 bridgehead atoms. The van der Waals surface area contributed by atoms with E-state index in [0.717, 1.165) is 29.3 Å². The Balaban J connectivity index is 1.77. The summed E-state index contributed by atoms with van der Waals surface area (Å²) in [4.78, 5) is 4.10. The first kappa shape index (κ1) is 20.1. The number of hydrogen-bond donors (Lipinski definition) is 4. The van der Waals surface area contributed by atoms with Crippen LogP contribution in [0.25, 0.3) is 0 Å². The van der Waals surface area contributed by atoms with Crippen molar-refractivity contribution in [3.63, 3.8) is 0 Å². The van der Waals surface area contributed by atoms with Crippen molar-refractivity contribution in [2.24, 2.45) is 0 Å². The second-order valence-corrected chi connectivity index (χ2v) is 7.99. The zero-order chi connectivity index (χ0) is 19.4. The number of pyridine rings is 1. The van der Waals surface area contributed by atoms with Crippen LogP contribution in [0.15, 0.2) is 42.7 Å². The van der Waals surface area contributed by atoms with Crippen LogP contribution >= 0.6 is 11.8 Å². The third-order valence-electron chi connectivity index (χ3n) is 4.79. The Kier molecular flexibility index (Phi) is 6.73. The Morgan fingerprint density at radius 3 is 2.37 bits per heavy atom. The van der Waals surface area contributed by atoms with E-state index in [1.54, 1.807) is 12.4 Å². The van der Waals surface area contributed by atoms with Crippen LogP contribution in [0.1, 0.15) is 23.6 Å². The molecule has 5 unspecified atom stereocenters. The van der Waals surface area contributed by atoms with Crippen molar-refractivity contribution < 1.29 is 25.2 Å². The van der Waals surface area contributed by atoms with E-state index in [1.165, 1.54) is 5.56 Å². The van der Waals surface area contributed by atoms with Crippen molar-refractivity contribution in [1.82, 2.24) is 4.98 Å². The predicted molar refractivity (Wildman–Crippen MR) is 104 cm³/mol. The van der Waals surface area contributed by atoms with Gasteiger partial charge in [-0.1, -0.05) is 31.2 Å². The molecule has 2 heterocycles. The standard InChI is InChI=1S/C20H25NO5S/c1-2-12-3-5-13(6-4-12)9-14-7-8-21-10-15(14)26-20-19(25)18(24)17(23)16(11-22)27-20/h3-8,10,16-20,22-25H,2,9,11H2,1H3. The Bertz CT molecular complexity index is 739. The van der Waals surface area contributed by atoms with Crippen LogP contribution in [0.2, 0.25) is 0 Å². The zero-order valence-corrected chi connectivity index (χ0v) is 15.9. The first-order chi connectivity index (χ1) is 13.0. The first-order valence-corrected chi connectivity index (χ1v) is 9.95. The number of aliphatic hydroxyl groups excluding tert-OH is 4. The molecule has 1 aliphatic rings. The van der Waals surface area contributed by atoms with Gasteiger partial charge in [0.15, 0.2) is 5.44 Å². The molecule has 0 spiro atoms. The monoisotopic (exact) mass is 391 g/mol. The van der Waals surface area contributed by atoms with Gasteiger partial charge in [0.05, 0.1) is 24.2 Å². The fourth-order valence-electron chi connectivity index (χ4n) is 3.06. The van der Waals surface area contributed by atoms with E-state index in [4.69, 9.17) is 4.74 Å². The summed E-state index contributed by atoms with van der Waals surface area (Å²) in [6.45, 7) is 1.79. The number of rotatable bonds is 6. The van der Waals surface area contributed by atoms with Crippen LogP contribution < -0.4 is 4.74 Å². The molecule has 4 N–H and O–H groups in total. The lowest BCUT2D eigenvalue weighted by molar-refractivity contribution is -0.0910. The molecule has 0 amide bonds. The van der Waals surface area contributed by atoms with E-state index >= 15 is 0 Å². The van der Waals surface area contributed by atoms with Crippen LogP contribution in [-0.4, -0.2) is 61.0 Å². The number of aryl methyl sites for hydroxylation is 1. The Hall–Kier alpha value is -1.64. The summed E-state index contributed by atoms with van der Waals surface area (Å²) in [5, 5.41) is 39.0. The number of aliphatic hydroxyl groups is 4. The van der Waals surface area contributed by atoms with Gasteiger partial charge in [-0.15, -0.1) is 11.8 Å². The highest BCUT2D eigenvalue weighted by molar-refractivity contribution is 8.00. The van der Waals surface area contributed by atoms with Gasteiger partial charge in [0.25, 0.3) is 0 Å². The number of benzene rings is 1. The van der Waals surface area contributed by atoms with Crippen LogP contribution in [0.5, 0.6) is 5.75 Å². The molecular formula is C20H25NO5S. The minimum atomic E-state index is -1.38. The van der Waals surface area contributed by atoms with Gasteiger partial charge in [-0.3, -0.25) is 4.98 Å². The second-order valence-electron chi connectivity index (χ2n) is 6.65. The van der Waals surface area contributed by atoms with Crippen molar-refractivity contribution in [3.8, 4) is 5.75 Å². The summed E-state index contributed by atoms with van der Waals surface area (Å²) < 4.78 is 5.93. The van der Waals surface area contributed by atoms with Gasteiger partial charge in [-0.05, 0) is 23.6 Å². The van der Waals surface area contributed by atoms with E-state index in [0.29, 0.717) is 12.2 Å². The minimum Gasteiger partial charge on any atom is -0.475 e. The lowest BCUT2D eigenvalue weighted by atomic mass is 10.0. The van der Waals surface area contributed by atoms with Crippen LogP contribution in [0.3, 0.4) is 0 Å². The predicted octanol–water partition coefficient (Wildman–Crippen LogP) is 1.13. The average molecular weight is 391 g/mol. The molecule has 1 aromatic heterocycles. The summed E-state index contributed by atoms with van der Waals surface area (Å²) in [6, 6.07) is 10.2. The smallest absolute Gasteiger partial charge is 0.173 e. The van der Waals surface area contributed by atoms with Crippen molar-refractivity contribution in [1.29, 1.82) is 0 Å². The van der Waals surface area contributed by atoms with Crippen LogP contribution in [0, 0.1) is 0 Å². The highest BCUT2D eigenvalue weighted by atomic mass is 32.2. The van der Waals surface area contributed by atoms with Crippen molar-refractivity contribution in [2.45, 2.75) is 48.8 Å². The quantitative estimate of drug-likeness (QED) is 0.585. The molecule has 2 aromatic rings. The van der Waals surface area contributed by atoms with Crippen molar-refractivity contribution in [2.75, 3.05) is 6.61 Å². The largest absolute Gasteiger partial charge is 0.475 e. The van der Waals surface area contributed by atoms with Gasteiger partial charge < -0.3 is 25.2 Å². The maximum absolute atomic E-state index is 10.3. The van der Waals surface area contributed by atoms with E-state index in [1.807, 2.05) is 6.07 Å². The molecule has 0 radical (unpaired) electrons. The summed E-state index contributed by atoms with van der Waals surface area (Å²) in [5.41, 5.74) is 2.49. The Labute approximate surface area is 162 Å². The van der Waals surface area contributed by atoms with Gasteiger partial charge in [0, 0.05) is 18.2 Å². The van der Waals surface area contributed by atoms with Crippen LogP contribution in [-0.2, 0) is 12.8 Å². The Morgan fingerprint density at radius 2 is 1.70 bits per heavy atom. The summed E-state index contributed by atoms with van der Waals surface area (Å²) in [7, 11) is 0. The third-order valence-corrected chi connectivity index (χ3v) is 6.21. The summed E-state index contributed by atoms with van der Waals surface area (Å²) in [6.07, 6.45) is 1.03. The molecular weight excluding hydrogens is 366 g/mol. The van der Waals surface area contributed by atoms with E-state index in [9.17, 15) is 20.4 Å². The Morgan fingerprint density at radius 1 is 1.00 bits per heavy atom. The number of thioether (sulfide) groups is 1. The molecule has 1 saturated heterocycles. The molecule has 3 rings (SSSR count). The fourth-order valence-corrected chi connectivity index (χ4v) is 4.30. The van der Waals surface area contributed by atoms with E-state index < -0.39 is 29.0 Å². The van der Waals surface area contributed by atoms with Gasteiger partial charge in [-0.2, -0.15) is 0 Å². The van der Waals surface area contributed by atoms with Gasteiger partial charge in [0.1, 0.15) is 18.0 Å². The molecule has 0 saturated carbocycles. The maximum atomic E-state index is 10.3. The molecule has 0 aliphatic carbocycles. The van der Waals surface area contributed by atoms with Crippen molar-refractivity contribution in [3.05, 3.63) is 59.4 Å². The van der Waals surface area contributed by atoms with Gasteiger partial charge >= 0.3 is 0 Å². The molecule has 6 nitrogen and oxygen atoms in total. The number of ether oxygens (including phenoxy) is 1. The summed E-state index contributed by atoms with van der Waals surface area (Å²) >= 11 is 1.11. The highest BCUT2D eigenvalue weighted by Crippen LogP contribution is 2.35. The first-order valence-electron chi connectivity index (χ1n) is 9.01. The zero-order valence-electron chi connectivity index (χ0n) is 15.1. The summed E-state index contributed by atoms with van der Waals surface area (Å²) in [5.74, 6) is 0.508. The van der Waals surface area contributed by atoms with Gasteiger partial charge in [0.2, 0.25) is 0 Å². The van der Waals surface area contributed by atoms with Gasteiger partial charge in [-0.25, -0.2) is 0 Å². The van der Waals surface area contributed by atoms with Crippen LogP contribution in [0.4, 0.5) is 0 Å². The topological polar surface area (TPSA) is 103 Å². The lowest BCUT2D eigenvalue weighted by Gasteiger charge is -2.39. The van der Waals surface area contributed by atoms with E-state index in [-0.39, 0.29) is 6.61 Å². The minimum absolute atomic E-state index is 0.320. The lowest BCUT2D eigenvalue weighted by Crippen LogP contribution is -2.55. The molecule has 27 heavy (non-hydrogen) atoms.